The minimum atomic E-state index is -0.819. The Morgan fingerprint density at radius 3 is 2.38 bits per heavy atom. The predicted molar refractivity (Wildman–Crippen MR) is 82.5 cm³/mol. The standard InChI is InChI=1S/C17H24N2O2/c1-12(2)10-14-15(20)19(17(3,4)16(21)18-14)11-13-8-6-5-7-9-13/h5-9,12,14H,10-11H2,1-4H3,(H,18,21). The van der Waals surface area contributed by atoms with Gasteiger partial charge in [-0.05, 0) is 31.7 Å². The number of piperazine rings is 1. The van der Waals surface area contributed by atoms with Crippen molar-refractivity contribution in [2.45, 2.75) is 52.2 Å². The molecule has 1 aromatic rings. The smallest absolute Gasteiger partial charge is 0.246 e. The summed E-state index contributed by atoms with van der Waals surface area (Å²) in [5, 5.41) is 2.87. The van der Waals surface area contributed by atoms with Crippen LogP contribution in [0.25, 0.3) is 0 Å². The molecule has 0 aliphatic carbocycles. The van der Waals surface area contributed by atoms with Crippen LogP contribution in [0.15, 0.2) is 30.3 Å². The summed E-state index contributed by atoms with van der Waals surface area (Å²) in [6, 6.07) is 9.39. The minimum absolute atomic E-state index is 0.0113. The lowest BCUT2D eigenvalue weighted by atomic mass is 9.91. The van der Waals surface area contributed by atoms with Crippen LogP contribution in [0.1, 0.15) is 39.7 Å². The third kappa shape index (κ3) is 3.26. The van der Waals surface area contributed by atoms with Crippen molar-refractivity contribution in [3.05, 3.63) is 35.9 Å². The lowest BCUT2D eigenvalue weighted by Gasteiger charge is -2.44. The van der Waals surface area contributed by atoms with E-state index in [1.165, 1.54) is 0 Å². The molecule has 1 unspecified atom stereocenters. The number of nitrogens with one attached hydrogen (secondary N) is 1. The fraction of sp³-hybridized carbons (Fsp3) is 0.529. The maximum Gasteiger partial charge on any atom is 0.246 e. The first-order valence-corrected chi connectivity index (χ1v) is 7.48. The van der Waals surface area contributed by atoms with E-state index < -0.39 is 11.6 Å². The molecule has 0 spiro atoms. The molecule has 1 fully saturated rings. The van der Waals surface area contributed by atoms with Crippen molar-refractivity contribution >= 4 is 11.8 Å². The van der Waals surface area contributed by atoms with Gasteiger partial charge in [-0.1, -0.05) is 44.2 Å². The molecule has 1 aliphatic heterocycles. The van der Waals surface area contributed by atoms with Gasteiger partial charge in [0.25, 0.3) is 0 Å². The number of carbonyl (C=O) groups excluding carboxylic acids is 2. The molecule has 0 saturated carbocycles. The van der Waals surface area contributed by atoms with Crippen LogP contribution in [0.2, 0.25) is 0 Å². The molecule has 0 radical (unpaired) electrons. The minimum Gasteiger partial charge on any atom is -0.342 e. The van der Waals surface area contributed by atoms with Crippen LogP contribution in [0.3, 0.4) is 0 Å². The van der Waals surface area contributed by atoms with Crippen LogP contribution >= 0.6 is 0 Å². The van der Waals surface area contributed by atoms with E-state index in [1.54, 1.807) is 18.7 Å². The van der Waals surface area contributed by atoms with Crippen molar-refractivity contribution in [1.82, 2.24) is 10.2 Å². The van der Waals surface area contributed by atoms with Crippen LogP contribution in [-0.4, -0.2) is 28.3 Å². The Bertz CT molecular complexity index is 523. The molecule has 1 aliphatic rings. The van der Waals surface area contributed by atoms with E-state index in [0.717, 1.165) is 5.56 Å². The second-order valence-corrected chi connectivity index (χ2v) is 6.62. The molecular formula is C17H24N2O2. The normalized spacial score (nSPS) is 21.6. The molecule has 4 nitrogen and oxygen atoms in total. The zero-order valence-corrected chi connectivity index (χ0v) is 13.2. The lowest BCUT2D eigenvalue weighted by molar-refractivity contribution is -0.156. The lowest BCUT2D eigenvalue weighted by Crippen LogP contribution is -2.68. The second kappa shape index (κ2) is 5.88. The van der Waals surface area contributed by atoms with E-state index in [9.17, 15) is 9.59 Å². The maximum atomic E-state index is 12.7. The van der Waals surface area contributed by atoms with Crippen LogP contribution < -0.4 is 5.32 Å². The molecule has 114 valence electrons. The molecule has 1 heterocycles. The van der Waals surface area contributed by atoms with Crippen LogP contribution in [0.4, 0.5) is 0 Å². The van der Waals surface area contributed by atoms with Crippen molar-refractivity contribution in [2.24, 2.45) is 5.92 Å². The monoisotopic (exact) mass is 288 g/mol. The highest BCUT2D eigenvalue weighted by atomic mass is 16.2. The maximum absolute atomic E-state index is 12.7. The molecule has 2 rings (SSSR count). The highest BCUT2D eigenvalue weighted by molar-refractivity contribution is 5.99. The van der Waals surface area contributed by atoms with Gasteiger partial charge in [-0.3, -0.25) is 9.59 Å². The number of hydrogen-bond acceptors (Lipinski definition) is 2. The summed E-state index contributed by atoms with van der Waals surface area (Å²) < 4.78 is 0. The van der Waals surface area contributed by atoms with Crippen LogP contribution in [0.5, 0.6) is 0 Å². The zero-order chi connectivity index (χ0) is 15.6. The molecule has 1 aromatic carbocycles. The molecule has 21 heavy (non-hydrogen) atoms. The van der Waals surface area contributed by atoms with Gasteiger partial charge in [0.15, 0.2) is 0 Å². The summed E-state index contributed by atoms with van der Waals surface area (Å²) >= 11 is 0. The average molecular weight is 288 g/mol. The molecule has 0 bridgehead atoms. The third-order valence-electron chi connectivity index (χ3n) is 3.99. The van der Waals surface area contributed by atoms with Gasteiger partial charge in [-0.15, -0.1) is 0 Å². The Morgan fingerprint density at radius 1 is 1.19 bits per heavy atom. The van der Waals surface area contributed by atoms with Crippen molar-refractivity contribution in [2.75, 3.05) is 0 Å². The van der Waals surface area contributed by atoms with Gasteiger partial charge in [0.2, 0.25) is 11.8 Å². The number of hydrogen-bond donors (Lipinski definition) is 1. The van der Waals surface area contributed by atoms with Crippen LogP contribution in [-0.2, 0) is 16.1 Å². The van der Waals surface area contributed by atoms with E-state index in [4.69, 9.17) is 0 Å². The number of rotatable bonds is 4. The molecule has 1 N–H and O–H groups in total. The second-order valence-electron chi connectivity index (χ2n) is 6.62. The quantitative estimate of drug-likeness (QED) is 0.924. The van der Waals surface area contributed by atoms with Gasteiger partial charge < -0.3 is 10.2 Å². The highest BCUT2D eigenvalue weighted by Crippen LogP contribution is 2.25. The summed E-state index contributed by atoms with van der Waals surface area (Å²) in [4.78, 5) is 26.8. The topological polar surface area (TPSA) is 49.4 Å². The fourth-order valence-corrected chi connectivity index (χ4v) is 2.66. The van der Waals surface area contributed by atoms with Gasteiger partial charge in [-0.25, -0.2) is 0 Å². The summed E-state index contributed by atoms with van der Waals surface area (Å²) in [5.41, 5.74) is 0.220. The van der Waals surface area contributed by atoms with E-state index in [0.29, 0.717) is 18.9 Å². The largest absolute Gasteiger partial charge is 0.342 e. The van der Waals surface area contributed by atoms with Gasteiger partial charge in [0.05, 0.1) is 0 Å². The van der Waals surface area contributed by atoms with Crippen molar-refractivity contribution in [3.63, 3.8) is 0 Å². The van der Waals surface area contributed by atoms with Gasteiger partial charge >= 0.3 is 0 Å². The Kier molecular flexibility index (Phi) is 4.35. The predicted octanol–water partition coefficient (Wildman–Crippen LogP) is 2.34. The average Bonchev–Trinajstić information content (AvgIpc) is 2.42. The first-order chi connectivity index (χ1) is 9.82. The molecule has 2 amide bonds. The number of benzene rings is 1. The van der Waals surface area contributed by atoms with E-state index in [2.05, 4.69) is 19.2 Å². The molecule has 0 aromatic heterocycles. The first-order valence-electron chi connectivity index (χ1n) is 7.48. The SMILES string of the molecule is CC(C)CC1NC(=O)C(C)(C)N(Cc2ccccc2)C1=O. The summed E-state index contributed by atoms with van der Waals surface area (Å²) in [7, 11) is 0. The number of nitrogens with zero attached hydrogens (tertiary/aromatic N) is 1. The number of amides is 2. The first kappa shape index (κ1) is 15.5. The summed E-state index contributed by atoms with van der Waals surface area (Å²) in [5.74, 6) is 0.292. The summed E-state index contributed by atoms with van der Waals surface area (Å²) in [6.45, 7) is 8.18. The van der Waals surface area contributed by atoms with Crippen LogP contribution in [0, 0.1) is 5.92 Å². The Morgan fingerprint density at radius 2 is 1.81 bits per heavy atom. The van der Waals surface area contributed by atoms with E-state index in [-0.39, 0.29) is 11.8 Å². The zero-order valence-electron chi connectivity index (χ0n) is 13.2. The Balaban J connectivity index is 2.25. The van der Waals surface area contributed by atoms with E-state index in [1.807, 2.05) is 30.3 Å². The third-order valence-corrected chi connectivity index (χ3v) is 3.99. The number of carbonyl (C=O) groups is 2. The molecule has 4 heteroatoms. The molecular weight excluding hydrogens is 264 g/mol. The Labute approximate surface area is 126 Å². The summed E-state index contributed by atoms with van der Waals surface area (Å²) in [6.07, 6.45) is 0.673. The molecule has 1 atom stereocenters. The fourth-order valence-electron chi connectivity index (χ4n) is 2.66. The van der Waals surface area contributed by atoms with Gasteiger partial charge in [0, 0.05) is 6.54 Å². The van der Waals surface area contributed by atoms with Crippen molar-refractivity contribution in [1.29, 1.82) is 0 Å². The molecule has 1 saturated heterocycles. The van der Waals surface area contributed by atoms with Crippen molar-refractivity contribution < 1.29 is 9.59 Å². The van der Waals surface area contributed by atoms with E-state index >= 15 is 0 Å². The van der Waals surface area contributed by atoms with Gasteiger partial charge in [0.1, 0.15) is 11.6 Å². The highest BCUT2D eigenvalue weighted by Gasteiger charge is 2.46. The van der Waals surface area contributed by atoms with Gasteiger partial charge in [-0.2, -0.15) is 0 Å². The Hall–Kier alpha value is -1.84. The van der Waals surface area contributed by atoms with Crippen molar-refractivity contribution in [3.8, 4) is 0 Å².